The van der Waals surface area contributed by atoms with Gasteiger partial charge in [-0.1, -0.05) is 12.1 Å². The number of aromatic nitrogens is 2. The third kappa shape index (κ3) is 4.05. The van der Waals surface area contributed by atoms with Gasteiger partial charge in [0, 0.05) is 18.7 Å². The Morgan fingerprint density at radius 1 is 1.23 bits per heavy atom. The molecule has 0 spiro atoms. The number of fused-ring (bicyclic) bond motifs is 1. The standard InChI is InChI=1S/C21H22N4O3S2/c1-13(2)25-19(26)17(29-21(25)27)12-14-8-9-18(28-14)30-20-23-15-6-3-4-7-16(15)24(20)11-5-10-22/h3-4,6-9,12-13H,5,10-11,22H2,1-2H3. The molecule has 2 aromatic heterocycles. The Hall–Kier alpha value is -2.49. The number of hydrogen-bond acceptors (Lipinski definition) is 7. The number of hydrogen-bond donors (Lipinski definition) is 1. The molecule has 0 saturated carbocycles. The maximum Gasteiger partial charge on any atom is 0.293 e. The molecule has 156 valence electrons. The van der Waals surface area contributed by atoms with E-state index in [0.717, 1.165) is 40.9 Å². The molecule has 1 saturated heterocycles. The monoisotopic (exact) mass is 442 g/mol. The van der Waals surface area contributed by atoms with E-state index in [1.54, 1.807) is 12.1 Å². The predicted octanol–water partition coefficient (Wildman–Crippen LogP) is 4.57. The molecule has 0 aliphatic carbocycles. The number of nitrogens with zero attached hydrogens (tertiary/aromatic N) is 3. The lowest BCUT2D eigenvalue weighted by Crippen LogP contribution is -2.34. The molecule has 2 N–H and O–H groups in total. The molecular formula is C21H22N4O3S2. The van der Waals surface area contributed by atoms with Crippen molar-refractivity contribution >= 4 is 51.8 Å². The van der Waals surface area contributed by atoms with E-state index in [1.165, 1.54) is 16.7 Å². The Morgan fingerprint density at radius 3 is 2.77 bits per heavy atom. The lowest BCUT2D eigenvalue weighted by atomic mass is 10.3. The summed E-state index contributed by atoms with van der Waals surface area (Å²) in [6, 6.07) is 11.4. The number of para-hydroxylation sites is 2. The fourth-order valence-electron chi connectivity index (χ4n) is 3.21. The van der Waals surface area contributed by atoms with Gasteiger partial charge in [0.2, 0.25) is 0 Å². The van der Waals surface area contributed by atoms with Gasteiger partial charge in [-0.2, -0.15) is 0 Å². The lowest BCUT2D eigenvalue weighted by Gasteiger charge is -2.16. The van der Waals surface area contributed by atoms with Crippen LogP contribution >= 0.6 is 23.5 Å². The van der Waals surface area contributed by atoms with Crippen LogP contribution in [0.1, 0.15) is 26.0 Å². The average molecular weight is 443 g/mol. The van der Waals surface area contributed by atoms with Gasteiger partial charge in [-0.15, -0.1) is 0 Å². The Balaban J connectivity index is 1.57. The Labute approximate surface area is 182 Å². The predicted molar refractivity (Wildman–Crippen MR) is 119 cm³/mol. The summed E-state index contributed by atoms with van der Waals surface area (Å²) in [5.74, 6) is 0.241. The second-order valence-electron chi connectivity index (χ2n) is 7.08. The van der Waals surface area contributed by atoms with E-state index >= 15 is 0 Å². The van der Waals surface area contributed by atoms with Crippen molar-refractivity contribution in [1.29, 1.82) is 0 Å². The minimum atomic E-state index is -0.283. The average Bonchev–Trinajstić information content (AvgIpc) is 3.37. The lowest BCUT2D eigenvalue weighted by molar-refractivity contribution is -0.123. The second kappa shape index (κ2) is 8.71. The van der Waals surface area contributed by atoms with Crippen molar-refractivity contribution in [3.63, 3.8) is 0 Å². The van der Waals surface area contributed by atoms with E-state index in [1.807, 2.05) is 44.2 Å². The number of imidazole rings is 1. The summed E-state index contributed by atoms with van der Waals surface area (Å²) in [5, 5.41) is 1.23. The second-order valence-corrected chi connectivity index (χ2v) is 9.05. The Bertz CT molecular complexity index is 1130. The van der Waals surface area contributed by atoms with Crippen LogP contribution in [-0.4, -0.2) is 38.2 Å². The number of aryl methyl sites for hydroxylation is 1. The van der Waals surface area contributed by atoms with Crippen LogP contribution in [0.4, 0.5) is 4.79 Å². The summed E-state index contributed by atoms with van der Waals surface area (Å²) >= 11 is 2.36. The Morgan fingerprint density at radius 2 is 2.03 bits per heavy atom. The van der Waals surface area contributed by atoms with Gasteiger partial charge in [-0.05, 0) is 74.6 Å². The molecule has 0 radical (unpaired) electrons. The van der Waals surface area contributed by atoms with Crippen LogP contribution in [0.25, 0.3) is 17.1 Å². The molecule has 0 atom stereocenters. The first-order valence-corrected chi connectivity index (χ1v) is 11.3. The summed E-state index contributed by atoms with van der Waals surface area (Å²) in [6.45, 7) is 5.01. The molecule has 1 fully saturated rings. The van der Waals surface area contributed by atoms with Crippen LogP contribution in [-0.2, 0) is 11.3 Å². The topological polar surface area (TPSA) is 94.4 Å². The molecule has 2 amide bonds. The molecule has 1 aliphatic rings. The first-order valence-electron chi connectivity index (χ1n) is 9.68. The van der Waals surface area contributed by atoms with Crippen molar-refractivity contribution in [2.45, 2.75) is 43.1 Å². The minimum absolute atomic E-state index is 0.173. The van der Waals surface area contributed by atoms with Crippen LogP contribution < -0.4 is 5.73 Å². The van der Waals surface area contributed by atoms with Crippen molar-refractivity contribution in [2.24, 2.45) is 5.73 Å². The highest BCUT2D eigenvalue weighted by Crippen LogP contribution is 2.36. The van der Waals surface area contributed by atoms with Crippen molar-refractivity contribution in [1.82, 2.24) is 14.5 Å². The highest BCUT2D eigenvalue weighted by molar-refractivity contribution is 8.18. The number of benzene rings is 1. The summed E-state index contributed by atoms with van der Waals surface area (Å²) < 4.78 is 8.04. The van der Waals surface area contributed by atoms with Gasteiger partial charge >= 0.3 is 0 Å². The molecule has 30 heavy (non-hydrogen) atoms. The van der Waals surface area contributed by atoms with Crippen molar-refractivity contribution < 1.29 is 14.0 Å². The zero-order valence-electron chi connectivity index (χ0n) is 16.7. The number of amides is 2. The van der Waals surface area contributed by atoms with Crippen LogP contribution in [0.3, 0.4) is 0 Å². The van der Waals surface area contributed by atoms with Crippen LogP contribution in [0.15, 0.2) is 56.0 Å². The SMILES string of the molecule is CC(C)N1C(=O)SC(=Cc2ccc(Sc3nc4ccccc4n3CCCN)o2)C1=O. The summed E-state index contributed by atoms with van der Waals surface area (Å²) in [5.41, 5.74) is 7.68. The quantitative estimate of drug-likeness (QED) is 0.535. The first-order chi connectivity index (χ1) is 14.5. The maximum atomic E-state index is 12.4. The summed E-state index contributed by atoms with van der Waals surface area (Å²) in [6.07, 6.45) is 2.47. The molecule has 3 aromatic rings. The number of thioether (sulfide) groups is 1. The smallest absolute Gasteiger partial charge is 0.293 e. The van der Waals surface area contributed by atoms with Crippen LogP contribution in [0.2, 0.25) is 0 Å². The molecule has 3 heterocycles. The third-order valence-electron chi connectivity index (χ3n) is 4.61. The molecule has 1 aliphatic heterocycles. The maximum absolute atomic E-state index is 12.4. The van der Waals surface area contributed by atoms with E-state index in [9.17, 15) is 9.59 Å². The largest absolute Gasteiger partial charge is 0.450 e. The molecule has 0 unspecified atom stereocenters. The minimum Gasteiger partial charge on any atom is -0.450 e. The summed E-state index contributed by atoms with van der Waals surface area (Å²) in [7, 11) is 0. The van der Waals surface area contributed by atoms with Gasteiger partial charge in [-0.3, -0.25) is 14.5 Å². The fourth-order valence-corrected chi connectivity index (χ4v) is 5.05. The number of furan rings is 1. The molecule has 7 nitrogen and oxygen atoms in total. The van der Waals surface area contributed by atoms with E-state index in [4.69, 9.17) is 15.1 Å². The van der Waals surface area contributed by atoms with Crippen LogP contribution in [0, 0.1) is 0 Å². The van der Waals surface area contributed by atoms with Gasteiger partial charge in [0.15, 0.2) is 10.2 Å². The summed E-state index contributed by atoms with van der Waals surface area (Å²) in [4.78, 5) is 30.9. The van der Waals surface area contributed by atoms with E-state index < -0.39 is 0 Å². The zero-order chi connectivity index (χ0) is 21.3. The molecule has 4 rings (SSSR count). The first kappa shape index (κ1) is 20.8. The fraction of sp³-hybridized carbons (Fsp3) is 0.286. The number of rotatable bonds is 7. The Kier molecular flexibility index (Phi) is 6.03. The highest BCUT2D eigenvalue weighted by atomic mass is 32.2. The van der Waals surface area contributed by atoms with Gasteiger partial charge in [0.05, 0.1) is 15.9 Å². The third-order valence-corrected chi connectivity index (χ3v) is 6.41. The van der Waals surface area contributed by atoms with Gasteiger partial charge in [0.25, 0.3) is 11.1 Å². The highest BCUT2D eigenvalue weighted by Gasteiger charge is 2.36. The molecule has 9 heteroatoms. The molecule has 0 bridgehead atoms. The van der Waals surface area contributed by atoms with Crippen LogP contribution in [0.5, 0.6) is 0 Å². The van der Waals surface area contributed by atoms with Crippen molar-refractivity contribution in [2.75, 3.05) is 6.54 Å². The van der Waals surface area contributed by atoms with Gasteiger partial charge < -0.3 is 14.7 Å². The molecular weight excluding hydrogens is 420 g/mol. The van der Waals surface area contributed by atoms with E-state index in [0.29, 0.717) is 22.3 Å². The molecule has 1 aromatic carbocycles. The van der Waals surface area contributed by atoms with Gasteiger partial charge in [0.1, 0.15) is 5.76 Å². The van der Waals surface area contributed by atoms with E-state index in [2.05, 4.69) is 4.57 Å². The normalized spacial score (nSPS) is 16.0. The van der Waals surface area contributed by atoms with Crippen molar-refractivity contribution in [3.8, 4) is 0 Å². The number of nitrogens with two attached hydrogens (primary N) is 1. The van der Waals surface area contributed by atoms with E-state index in [-0.39, 0.29) is 17.2 Å². The van der Waals surface area contributed by atoms with Crippen molar-refractivity contribution in [3.05, 3.63) is 47.1 Å². The number of carbonyl (C=O) groups excluding carboxylic acids is 2. The zero-order valence-corrected chi connectivity index (χ0v) is 18.3. The van der Waals surface area contributed by atoms with Gasteiger partial charge in [-0.25, -0.2) is 4.98 Å². The number of imide groups is 1. The number of carbonyl (C=O) groups is 2.